The fraction of sp³-hybridized carbons (Fsp3) is 0.261. The van der Waals surface area contributed by atoms with Crippen LogP contribution in [0.4, 0.5) is 10.5 Å². The highest BCUT2D eigenvalue weighted by Crippen LogP contribution is 2.31. The molecule has 0 bridgehead atoms. The minimum atomic E-state index is -0.694. The normalized spacial score (nSPS) is 15.9. The summed E-state index contributed by atoms with van der Waals surface area (Å²) < 4.78 is 10.7. The van der Waals surface area contributed by atoms with Crippen LogP contribution in [-0.4, -0.2) is 43.1 Å². The van der Waals surface area contributed by atoms with E-state index in [9.17, 15) is 14.4 Å². The fourth-order valence-corrected chi connectivity index (χ4v) is 3.22. The van der Waals surface area contributed by atoms with Gasteiger partial charge in [0.25, 0.3) is 5.91 Å². The Morgan fingerprint density at radius 3 is 2.58 bits per heavy atom. The van der Waals surface area contributed by atoms with Crippen molar-refractivity contribution in [2.75, 3.05) is 25.6 Å². The number of rotatable bonds is 7. The van der Waals surface area contributed by atoms with E-state index in [0.717, 1.165) is 0 Å². The number of hydrogen-bond acceptors (Lipinski definition) is 5. The molecule has 162 valence electrons. The first-order valence-corrected chi connectivity index (χ1v) is 9.90. The molecule has 8 nitrogen and oxygen atoms in total. The van der Waals surface area contributed by atoms with E-state index < -0.39 is 12.0 Å². The maximum Gasteiger partial charge on any atom is 0.338 e. The second-order valence-electron chi connectivity index (χ2n) is 6.94. The Hall–Kier alpha value is -3.81. The van der Waals surface area contributed by atoms with Gasteiger partial charge in [0, 0.05) is 18.4 Å². The molecule has 0 fully saturated rings. The number of esters is 1. The summed E-state index contributed by atoms with van der Waals surface area (Å²) in [5.74, 6) is -0.228. The fourth-order valence-electron chi connectivity index (χ4n) is 3.22. The van der Waals surface area contributed by atoms with E-state index >= 15 is 0 Å². The van der Waals surface area contributed by atoms with Crippen molar-refractivity contribution in [3.63, 3.8) is 0 Å². The quantitative estimate of drug-likeness (QED) is 0.667. The lowest BCUT2D eigenvalue weighted by atomic mass is 9.94. The molecule has 1 unspecified atom stereocenters. The standard InChI is InChI=1S/C23H25N3O5/c1-4-30-22(28)20-15(2)26(3)23(29)25-21(20)16-9-8-10-17(13-16)24-19(27)14-31-18-11-6-5-7-12-18/h5-13,21H,4,14H2,1-3H3,(H,24,27)(H,25,29). The molecule has 1 heterocycles. The molecule has 0 aliphatic carbocycles. The molecule has 0 spiro atoms. The lowest BCUT2D eigenvalue weighted by Crippen LogP contribution is -2.46. The highest BCUT2D eigenvalue weighted by Gasteiger charge is 2.35. The third kappa shape index (κ3) is 5.22. The molecule has 0 saturated carbocycles. The van der Waals surface area contributed by atoms with Crippen molar-refractivity contribution < 1.29 is 23.9 Å². The van der Waals surface area contributed by atoms with Crippen molar-refractivity contribution in [1.82, 2.24) is 10.2 Å². The Bertz CT molecular complexity index is 1000. The zero-order valence-corrected chi connectivity index (χ0v) is 17.7. The van der Waals surface area contributed by atoms with Gasteiger partial charge in [-0.05, 0) is 43.7 Å². The molecule has 3 amide bonds. The number of ether oxygens (including phenoxy) is 2. The Labute approximate surface area is 180 Å². The predicted octanol–water partition coefficient (Wildman–Crippen LogP) is 3.24. The number of nitrogens with one attached hydrogen (secondary N) is 2. The lowest BCUT2D eigenvalue weighted by Gasteiger charge is -2.33. The SMILES string of the molecule is CCOC(=O)C1=C(C)N(C)C(=O)NC1c1cccc(NC(=O)COc2ccccc2)c1. The zero-order chi connectivity index (χ0) is 22.4. The number of allylic oxidation sites excluding steroid dienone is 1. The average Bonchev–Trinajstić information content (AvgIpc) is 2.77. The van der Waals surface area contributed by atoms with Crippen molar-refractivity contribution in [2.24, 2.45) is 0 Å². The van der Waals surface area contributed by atoms with Crippen LogP contribution in [0.1, 0.15) is 25.5 Å². The molecule has 0 radical (unpaired) electrons. The van der Waals surface area contributed by atoms with Gasteiger partial charge in [-0.2, -0.15) is 0 Å². The largest absolute Gasteiger partial charge is 0.484 e. The van der Waals surface area contributed by atoms with Crippen LogP contribution in [0.15, 0.2) is 65.9 Å². The summed E-state index contributed by atoms with van der Waals surface area (Å²) in [5, 5.41) is 5.59. The summed E-state index contributed by atoms with van der Waals surface area (Å²) >= 11 is 0. The van der Waals surface area contributed by atoms with Crippen LogP contribution in [0.25, 0.3) is 0 Å². The Morgan fingerprint density at radius 2 is 1.87 bits per heavy atom. The molecule has 31 heavy (non-hydrogen) atoms. The monoisotopic (exact) mass is 423 g/mol. The van der Waals surface area contributed by atoms with E-state index in [1.807, 2.05) is 18.2 Å². The van der Waals surface area contributed by atoms with Gasteiger partial charge in [0.2, 0.25) is 0 Å². The van der Waals surface area contributed by atoms with Crippen LogP contribution in [0.5, 0.6) is 5.75 Å². The van der Waals surface area contributed by atoms with Gasteiger partial charge in [-0.25, -0.2) is 9.59 Å². The molecule has 0 saturated heterocycles. The van der Waals surface area contributed by atoms with Gasteiger partial charge in [0.1, 0.15) is 5.75 Å². The molecule has 2 aromatic carbocycles. The number of carbonyl (C=O) groups excluding carboxylic acids is 3. The number of benzene rings is 2. The zero-order valence-electron chi connectivity index (χ0n) is 17.7. The van der Waals surface area contributed by atoms with Crippen molar-refractivity contribution >= 4 is 23.6 Å². The number of hydrogen-bond donors (Lipinski definition) is 2. The van der Waals surface area contributed by atoms with E-state index in [4.69, 9.17) is 9.47 Å². The summed E-state index contributed by atoms with van der Waals surface area (Å²) in [6.07, 6.45) is 0. The van der Waals surface area contributed by atoms with Crippen LogP contribution in [-0.2, 0) is 14.3 Å². The number of anilines is 1. The predicted molar refractivity (Wildman–Crippen MR) is 115 cm³/mol. The summed E-state index contributed by atoms with van der Waals surface area (Å²) in [7, 11) is 1.59. The molecule has 2 aromatic rings. The summed E-state index contributed by atoms with van der Waals surface area (Å²) in [6, 6.07) is 15.0. The van der Waals surface area contributed by atoms with Crippen molar-refractivity contribution in [1.29, 1.82) is 0 Å². The van der Waals surface area contributed by atoms with Crippen LogP contribution in [0.2, 0.25) is 0 Å². The molecule has 2 N–H and O–H groups in total. The molecule has 0 aromatic heterocycles. The lowest BCUT2D eigenvalue weighted by molar-refractivity contribution is -0.139. The number of amides is 3. The van der Waals surface area contributed by atoms with E-state index in [0.29, 0.717) is 28.3 Å². The van der Waals surface area contributed by atoms with Gasteiger partial charge in [-0.1, -0.05) is 30.3 Å². The molecule has 1 aliphatic heterocycles. The Kier molecular flexibility index (Phi) is 6.92. The molecular formula is C23H25N3O5. The van der Waals surface area contributed by atoms with E-state index in [2.05, 4.69) is 10.6 Å². The van der Waals surface area contributed by atoms with Gasteiger partial charge in [0.05, 0.1) is 18.2 Å². The maximum atomic E-state index is 12.6. The highest BCUT2D eigenvalue weighted by molar-refractivity contribution is 5.95. The van der Waals surface area contributed by atoms with Gasteiger partial charge in [0.15, 0.2) is 6.61 Å². The van der Waals surface area contributed by atoms with Crippen LogP contribution < -0.4 is 15.4 Å². The van der Waals surface area contributed by atoms with Crippen molar-refractivity contribution in [2.45, 2.75) is 19.9 Å². The first kappa shape index (κ1) is 21.9. The van der Waals surface area contributed by atoms with Gasteiger partial charge >= 0.3 is 12.0 Å². The molecule has 1 atom stereocenters. The summed E-state index contributed by atoms with van der Waals surface area (Å²) in [6.45, 7) is 3.50. The number of nitrogens with zero attached hydrogens (tertiary/aromatic N) is 1. The molecule has 8 heteroatoms. The summed E-state index contributed by atoms with van der Waals surface area (Å²) in [5.41, 5.74) is 2.02. The first-order chi connectivity index (χ1) is 14.9. The minimum Gasteiger partial charge on any atom is -0.484 e. The highest BCUT2D eigenvalue weighted by atomic mass is 16.5. The van der Waals surface area contributed by atoms with Crippen LogP contribution >= 0.6 is 0 Å². The maximum absolute atomic E-state index is 12.6. The number of carbonyl (C=O) groups is 3. The van der Waals surface area contributed by atoms with Gasteiger partial charge < -0.3 is 25.0 Å². The second kappa shape index (κ2) is 9.80. The Balaban J connectivity index is 1.78. The first-order valence-electron chi connectivity index (χ1n) is 9.90. The van der Waals surface area contributed by atoms with Crippen LogP contribution in [0.3, 0.4) is 0 Å². The van der Waals surface area contributed by atoms with E-state index in [1.54, 1.807) is 57.3 Å². The third-order valence-corrected chi connectivity index (χ3v) is 4.87. The van der Waals surface area contributed by atoms with E-state index in [1.165, 1.54) is 4.90 Å². The van der Waals surface area contributed by atoms with Gasteiger partial charge in [-0.15, -0.1) is 0 Å². The smallest absolute Gasteiger partial charge is 0.338 e. The average molecular weight is 423 g/mol. The van der Waals surface area contributed by atoms with Crippen molar-refractivity contribution in [3.05, 3.63) is 71.4 Å². The molecule has 1 aliphatic rings. The molecule has 3 rings (SSSR count). The number of para-hydroxylation sites is 1. The van der Waals surface area contributed by atoms with Gasteiger partial charge in [-0.3, -0.25) is 4.79 Å². The minimum absolute atomic E-state index is 0.147. The summed E-state index contributed by atoms with van der Waals surface area (Å²) in [4.78, 5) is 38.6. The molecular weight excluding hydrogens is 398 g/mol. The third-order valence-electron chi connectivity index (χ3n) is 4.87. The Morgan fingerprint density at radius 1 is 1.13 bits per heavy atom. The second-order valence-corrected chi connectivity index (χ2v) is 6.94. The number of urea groups is 1. The van der Waals surface area contributed by atoms with Crippen LogP contribution in [0, 0.1) is 0 Å². The van der Waals surface area contributed by atoms with Crippen molar-refractivity contribution in [3.8, 4) is 5.75 Å². The van der Waals surface area contributed by atoms with E-state index in [-0.39, 0.29) is 25.2 Å². The topological polar surface area (TPSA) is 97.0 Å².